The predicted molar refractivity (Wildman–Crippen MR) is 126 cm³/mol. The van der Waals surface area contributed by atoms with Crippen molar-refractivity contribution in [2.75, 3.05) is 19.7 Å². The summed E-state index contributed by atoms with van der Waals surface area (Å²) in [6.07, 6.45) is 1.95. The molecule has 1 atom stereocenters. The van der Waals surface area contributed by atoms with Crippen LogP contribution in [0.15, 0.2) is 59.7 Å². The maximum atomic E-state index is 5.82. The maximum Gasteiger partial charge on any atom is 0.191 e. The Hall–Kier alpha value is -2.20. The van der Waals surface area contributed by atoms with E-state index in [1.807, 2.05) is 47.0 Å². The Morgan fingerprint density at radius 2 is 1.90 bits per heavy atom. The molecule has 2 heterocycles. The maximum absolute atomic E-state index is 5.82. The van der Waals surface area contributed by atoms with E-state index in [2.05, 4.69) is 51.8 Å². The highest BCUT2D eigenvalue weighted by Crippen LogP contribution is 2.05. The number of fused-ring (bicyclic) bond motifs is 1. The average Bonchev–Trinajstić information content (AvgIpc) is 3.14. The van der Waals surface area contributed by atoms with Crippen LogP contribution in [0.25, 0.3) is 5.65 Å². The summed E-state index contributed by atoms with van der Waals surface area (Å²) in [5.41, 5.74) is 2.02. The molecule has 0 aliphatic rings. The predicted octanol–water partition coefficient (Wildman–Crippen LogP) is 3.26. The zero-order valence-electron chi connectivity index (χ0n) is 16.9. The van der Waals surface area contributed by atoms with Gasteiger partial charge in [0.1, 0.15) is 6.54 Å². The largest absolute Gasteiger partial charge is 0.376 e. The highest BCUT2D eigenvalue weighted by Gasteiger charge is 2.07. The van der Waals surface area contributed by atoms with Crippen LogP contribution < -0.4 is 10.6 Å². The number of pyridine rings is 1. The number of ether oxygens (including phenoxy) is 1. The summed E-state index contributed by atoms with van der Waals surface area (Å²) in [5, 5.41) is 15.0. The summed E-state index contributed by atoms with van der Waals surface area (Å²) in [6, 6.07) is 16.1. The van der Waals surface area contributed by atoms with E-state index in [1.165, 1.54) is 5.56 Å². The van der Waals surface area contributed by atoms with Gasteiger partial charge in [-0.25, -0.2) is 4.99 Å². The van der Waals surface area contributed by atoms with Gasteiger partial charge in [0.25, 0.3) is 0 Å². The number of benzene rings is 1. The Kier molecular flexibility index (Phi) is 9.85. The van der Waals surface area contributed by atoms with Gasteiger partial charge in [0.05, 0.1) is 13.2 Å². The van der Waals surface area contributed by atoms with E-state index in [0.717, 1.165) is 30.5 Å². The Balaban J connectivity index is 0.00000300. The summed E-state index contributed by atoms with van der Waals surface area (Å²) < 4.78 is 7.77. The van der Waals surface area contributed by atoms with E-state index in [-0.39, 0.29) is 24.0 Å². The highest BCUT2D eigenvalue weighted by atomic mass is 127. The quantitative estimate of drug-likeness (QED) is 0.264. The van der Waals surface area contributed by atoms with E-state index in [0.29, 0.717) is 25.7 Å². The molecule has 3 aromatic rings. The van der Waals surface area contributed by atoms with Gasteiger partial charge < -0.3 is 15.4 Å². The lowest BCUT2D eigenvalue weighted by atomic mass is 10.2. The van der Waals surface area contributed by atoms with E-state index in [1.54, 1.807) is 0 Å². The summed E-state index contributed by atoms with van der Waals surface area (Å²) >= 11 is 0. The molecule has 1 aromatic carbocycles. The Morgan fingerprint density at radius 1 is 1.10 bits per heavy atom. The number of guanidine groups is 1. The molecule has 0 radical (unpaired) electrons. The average molecular weight is 508 g/mol. The molecule has 3 rings (SSSR count). The van der Waals surface area contributed by atoms with E-state index in [9.17, 15) is 0 Å². The third-order valence-corrected chi connectivity index (χ3v) is 4.24. The summed E-state index contributed by atoms with van der Waals surface area (Å²) in [4.78, 5) is 4.64. The third kappa shape index (κ3) is 7.28. The summed E-state index contributed by atoms with van der Waals surface area (Å²) in [6.45, 7) is 7.57. The second-order valence-corrected chi connectivity index (χ2v) is 6.73. The molecule has 1 unspecified atom stereocenters. The highest BCUT2D eigenvalue weighted by molar-refractivity contribution is 14.0. The Bertz CT molecular complexity index is 883. The molecule has 0 amide bonds. The molecule has 0 fully saturated rings. The topological polar surface area (TPSA) is 75.8 Å². The first kappa shape index (κ1) is 23.1. The van der Waals surface area contributed by atoms with E-state index in [4.69, 9.17) is 4.74 Å². The fourth-order valence-electron chi connectivity index (χ4n) is 2.77. The zero-order chi connectivity index (χ0) is 19.6. The lowest BCUT2D eigenvalue weighted by Gasteiger charge is -2.16. The molecule has 0 aliphatic carbocycles. The molecule has 2 N–H and O–H groups in total. The fourth-order valence-corrected chi connectivity index (χ4v) is 2.77. The van der Waals surface area contributed by atoms with Crippen LogP contribution in [0.1, 0.15) is 25.2 Å². The molecule has 0 saturated heterocycles. The summed E-state index contributed by atoms with van der Waals surface area (Å²) in [7, 11) is 0. The van der Waals surface area contributed by atoms with Gasteiger partial charge in [0.2, 0.25) is 0 Å². The minimum absolute atomic E-state index is 0. The molecule has 7 nitrogen and oxygen atoms in total. The second-order valence-electron chi connectivity index (χ2n) is 6.73. The molecule has 29 heavy (non-hydrogen) atoms. The lowest BCUT2D eigenvalue weighted by molar-refractivity contribution is 0.0931. The molecule has 0 aliphatic heterocycles. The number of nitrogens with one attached hydrogen (secondary N) is 2. The number of aromatic nitrogens is 3. The molecular formula is C21H29IN6O. The van der Waals surface area contributed by atoms with E-state index < -0.39 is 0 Å². The van der Waals surface area contributed by atoms with Crippen molar-refractivity contribution in [3.63, 3.8) is 0 Å². The van der Waals surface area contributed by atoms with Crippen molar-refractivity contribution in [3.8, 4) is 0 Å². The van der Waals surface area contributed by atoms with Crippen LogP contribution in [0.5, 0.6) is 0 Å². The van der Waals surface area contributed by atoms with Gasteiger partial charge in [0, 0.05) is 19.3 Å². The SMILES string of the molecule is CCNC(=NCc1nnc2ccccn12)NCC(C)COCc1ccccc1.I. The normalized spacial score (nSPS) is 12.4. The first-order valence-electron chi connectivity index (χ1n) is 9.68. The number of halogens is 1. The molecule has 156 valence electrons. The van der Waals surface area contributed by atoms with Gasteiger partial charge in [-0.2, -0.15) is 0 Å². The van der Waals surface area contributed by atoms with Crippen LogP contribution in [-0.4, -0.2) is 40.3 Å². The van der Waals surface area contributed by atoms with Crippen LogP contribution >= 0.6 is 24.0 Å². The van der Waals surface area contributed by atoms with Crippen molar-refractivity contribution in [1.82, 2.24) is 25.2 Å². The summed E-state index contributed by atoms with van der Waals surface area (Å²) in [5.74, 6) is 1.94. The molecular weight excluding hydrogens is 479 g/mol. The van der Waals surface area contributed by atoms with Gasteiger partial charge in [-0.05, 0) is 30.5 Å². The van der Waals surface area contributed by atoms with Gasteiger partial charge in [-0.15, -0.1) is 34.2 Å². The number of aliphatic imine (C=N–C) groups is 1. The van der Waals surface area contributed by atoms with Crippen molar-refractivity contribution < 1.29 is 4.74 Å². The molecule has 2 aromatic heterocycles. The van der Waals surface area contributed by atoms with Crippen LogP contribution in [0.3, 0.4) is 0 Å². The first-order valence-corrected chi connectivity index (χ1v) is 9.68. The standard InChI is InChI=1S/C21H28N6O.HI/c1-3-22-21(24-14-20-26-25-19-11-7-8-12-27(19)20)23-13-17(2)15-28-16-18-9-5-4-6-10-18;/h4-12,17H,3,13-16H2,1-2H3,(H2,22,23,24);1H. The monoisotopic (exact) mass is 508 g/mol. The minimum Gasteiger partial charge on any atom is -0.376 e. The van der Waals surface area contributed by atoms with Crippen LogP contribution in [0.4, 0.5) is 0 Å². The fraction of sp³-hybridized carbons (Fsp3) is 0.381. The van der Waals surface area contributed by atoms with Gasteiger partial charge in [0.15, 0.2) is 17.4 Å². The number of nitrogens with zero attached hydrogens (tertiary/aromatic N) is 4. The zero-order valence-corrected chi connectivity index (χ0v) is 19.2. The third-order valence-electron chi connectivity index (χ3n) is 4.24. The van der Waals surface area contributed by atoms with Crippen LogP contribution in [0.2, 0.25) is 0 Å². The number of hydrogen-bond acceptors (Lipinski definition) is 4. The Labute approximate surface area is 189 Å². The van der Waals surface area contributed by atoms with Crippen molar-refractivity contribution in [2.24, 2.45) is 10.9 Å². The van der Waals surface area contributed by atoms with E-state index >= 15 is 0 Å². The molecule has 0 saturated carbocycles. The molecule has 0 spiro atoms. The van der Waals surface area contributed by atoms with Crippen molar-refractivity contribution in [2.45, 2.75) is 27.0 Å². The number of hydrogen-bond donors (Lipinski definition) is 2. The molecule has 0 bridgehead atoms. The smallest absolute Gasteiger partial charge is 0.191 e. The lowest BCUT2D eigenvalue weighted by Crippen LogP contribution is -2.40. The van der Waals surface area contributed by atoms with Gasteiger partial charge in [-0.1, -0.05) is 43.3 Å². The van der Waals surface area contributed by atoms with Crippen LogP contribution in [-0.2, 0) is 17.9 Å². The van der Waals surface area contributed by atoms with Crippen molar-refractivity contribution >= 4 is 35.6 Å². The van der Waals surface area contributed by atoms with Gasteiger partial charge >= 0.3 is 0 Å². The Morgan fingerprint density at radius 3 is 2.69 bits per heavy atom. The number of rotatable bonds is 9. The molecule has 8 heteroatoms. The van der Waals surface area contributed by atoms with Gasteiger partial charge in [-0.3, -0.25) is 4.40 Å². The van der Waals surface area contributed by atoms with Crippen molar-refractivity contribution in [1.29, 1.82) is 0 Å². The minimum atomic E-state index is 0. The first-order chi connectivity index (χ1) is 13.8. The second kappa shape index (κ2) is 12.4. The van der Waals surface area contributed by atoms with Crippen LogP contribution in [0, 0.1) is 5.92 Å². The van der Waals surface area contributed by atoms with Crippen molar-refractivity contribution in [3.05, 3.63) is 66.1 Å².